The highest BCUT2D eigenvalue weighted by atomic mass is 79.9. The molecule has 1 unspecified atom stereocenters. The van der Waals surface area contributed by atoms with E-state index in [1.807, 2.05) is 6.92 Å². The minimum absolute atomic E-state index is 0.0723. The summed E-state index contributed by atoms with van der Waals surface area (Å²) < 4.78 is 0. The van der Waals surface area contributed by atoms with Crippen LogP contribution in [0.4, 0.5) is 0 Å². The number of nitrogens with one attached hydrogen (secondary N) is 1. The molecule has 0 aliphatic heterocycles. The van der Waals surface area contributed by atoms with E-state index in [9.17, 15) is 4.79 Å². The summed E-state index contributed by atoms with van der Waals surface area (Å²) in [4.78, 5) is 18.2. The van der Waals surface area contributed by atoms with E-state index in [0.717, 1.165) is 28.4 Å². The Morgan fingerprint density at radius 2 is 2.40 bits per heavy atom. The van der Waals surface area contributed by atoms with Crippen molar-refractivity contribution >= 4 is 27.7 Å². The van der Waals surface area contributed by atoms with Gasteiger partial charge in [-0.15, -0.1) is 0 Å². The quantitative estimate of drug-likeness (QED) is 0.515. The predicted octanol–water partition coefficient (Wildman–Crippen LogP) is 2.59. The maximum absolute atomic E-state index is 11.2. The van der Waals surface area contributed by atoms with E-state index in [4.69, 9.17) is 0 Å². The number of hydrogen-bond acceptors (Lipinski definition) is 3. The van der Waals surface area contributed by atoms with Gasteiger partial charge in [0.25, 0.3) is 5.56 Å². The predicted molar refractivity (Wildman–Crippen MR) is 67.9 cm³/mol. The van der Waals surface area contributed by atoms with Gasteiger partial charge in [0.05, 0.1) is 0 Å². The van der Waals surface area contributed by atoms with E-state index >= 15 is 0 Å². The molecule has 0 bridgehead atoms. The third-order valence-electron chi connectivity index (χ3n) is 2.10. The summed E-state index contributed by atoms with van der Waals surface area (Å²) in [6.07, 6.45) is 1.13. The molecule has 0 spiro atoms. The molecule has 0 saturated carbocycles. The van der Waals surface area contributed by atoms with Crippen molar-refractivity contribution in [3.8, 4) is 0 Å². The summed E-state index contributed by atoms with van der Waals surface area (Å²) in [5.41, 5.74) is 0.699. The molecule has 1 N–H and O–H groups in total. The number of aromatic amines is 1. The maximum Gasteiger partial charge on any atom is 0.251 e. The van der Waals surface area contributed by atoms with Gasteiger partial charge in [-0.25, -0.2) is 4.98 Å². The highest BCUT2D eigenvalue weighted by Gasteiger charge is 2.06. The lowest BCUT2D eigenvalue weighted by Crippen LogP contribution is -2.10. The van der Waals surface area contributed by atoms with Gasteiger partial charge in [0, 0.05) is 22.8 Å². The molecule has 0 radical (unpaired) electrons. The Labute approximate surface area is 102 Å². The largest absolute Gasteiger partial charge is 0.301 e. The molecule has 15 heavy (non-hydrogen) atoms. The maximum atomic E-state index is 11.2. The van der Waals surface area contributed by atoms with Gasteiger partial charge in [-0.1, -0.05) is 41.0 Å². The van der Waals surface area contributed by atoms with Crippen molar-refractivity contribution in [1.82, 2.24) is 9.97 Å². The Morgan fingerprint density at radius 3 is 2.93 bits per heavy atom. The van der Waals surface area contributed by atoms with Crippen molar-refractivity contribution in [1.29, 1.82) is 0 Å². The Kier molecular flexibility index (Phi) is 5.39. The zero-order chi connectivity index (χ0) is 11.3. The van der Waals surface area contributed by atoms with Crippen molar-refractivity contribution in [2.75, 3.05) is 11.1 Å². The Hall–Kier alpha value is -0.290. The van der Waals surface area contributed by atoms with Crippen molar-refractivity contribution in [3.63, 3.8) is 0 Å². The molecule has 1 aromatic rings. The average Bonchev–Trinajstić information content (AvgIpc) is 2.18. The summed E-state index contributed by atoms with van der Waals surface area (Å²) >= 11 is 5.08. The van der Waals surface area contributed by atoms with E-state index in [1.165, 1.54) is 6.07 Å². The van der Waals surface area contributed by atoms with Crippen LogP contribution in [0.2, 0.25) is 0 Å². The van der Waals surface area contributed by atoms with Crippen molar-refractivity contribution in [2.45, 2.75) is 25.4 Å². The van der Waals surface area contributed by atoms with Crippen LogP contribution >= 0.6 is 27.7 Å². The molecule has 1 aromatic heterocycles. The molecule has 0 fully saturated rings. The minimum atomic E-state index is -0.0723. The molecule has 0 saturated heterocycles. The Morgan fingerprint density at radius 1 is 1.67 bits per heavy atom. The third-order valence-corrected chi connectivity index (χ3v) is 4.12. The van der Waals surface area contributed by atoms with E-state index in [1.54, 1.807) is 11.8 Å². The van der Waals surface area contributed by atoms with Crippen molar-refractivity contribution in [3.05, 3.63) is 22.1 Å². The van der Waals surface area contributed by atoms with Gasteiger partial charge < -0.3 is 4.98 Å². The highest BCUT2D eigenvalue weighted by molar-refractivity contribution is 9.09. The smallest absolute Gasteiger partial charge is 0.251 e. The molecule has 1 rings (SSSR count). The molecule has 1 atom stereocenters. The fourth-order valence-corrected chi connectivity index (χ4v) is 3.21. The number of thioether (sulfide) groups is 1. The minimum Gasteiger partial charge on any atom is -0.301 e. The molecule has 5 heteroatoms. The fourth-order valence-electron chi connectivity index (χ4n) is 1.09. The van der Waals surface area contributed by atoms with E-state index in [2.05, 4.69) is 32.8 Å². The molecule has 0 aliphatic carbocycles. The van der Waals surface area contributed by atoms with Crippen LogP contribution in [0.15, 0.2) is 16.0 Å². The number of hydrogen-bond donors (Lipinski definition) is 1. The van der Waals surface area contributed by atoms with Gasteiger partial charge in [0.1, 0.15) is 0 Å². The number of H-pyrrole nitrogens is 1. The van der Waals surface area contributed by atoms with Gasteiger partial charge >= 0.3 is 0 Å². The highest BCUT2D eigenvalue weighted by Crippen LogP contribution is 2.19. The number of nitrogens with zero attached hydrogens (tertiary/aromatic N) is 1. The Balaban J connectivity index is 2.61. The van der Waals surface area contributed by atoms with Crippen LogP contribution in [0.25, 0.3) is 0 Å². The monoisotopic (exact) mass is 290 g/mol. The van der Waals surface area contributed by atoms with Crippen LogP contribution in [-0.4, -0.2) is 21.1 Å². The van der Waals surface area contributed by atoms with Crippen molar-refractivity contribution < 1.29 is 0 Å². The van der Waals surface area contributed by atoms with Crippen molar-refractivity contribution in [2.24, 2.45) is 5.92 Å². The van der Waals surface area contributed by atoms with Crippen LogP contribution in [0.3, 0.4) is 0 Å². The zero-order valence-corrected chi connectivity index (χ0v) is 11.3. The van der Waals surface area contributed by atoms with E-state index in [0.29, 0.717) is 5.92 Å². The number of aromatic nitrogens is 2. The standard InChI is InChI=1S/C10H15BrN2OS/c1-3-8(5-11)6-15-10-12-7(2)4-9(14)13-10/h4,8H,3,5-6H2,1-2H3,(H,12,13,14). The van der Waals surface area contributed by atoms with Gasteiger partial charge in [-0.2, -0.15) is 0 Å². The molecule has 84 valence electrons. The third kappa shape index (κ3) is 4.38. The molecule has 0 amide bonds. The summed E-state index contributed by atoms with van der Waals surface area (Å²) in [6.45, 7) is 4.00. The first kappa shape index (κ1) is 12.8. The summed E-state index contributed by atoms with van der Waals surface area (Å²) in [5, 5.41) is 1.71. The average molecular weight is 291 g/mol. The number of rotatable bonds is 5. The van der Waals surface area contributed by atoms with Gasteiger partial charge in [0.2, 0.25) is 0 Å². The van der Waals surface area contributed by atoms with Crippen LogP contribution in [-0.2, 0) is 0 Å². The molecule has 0 aliphatic rings. The summed E-state index contributed by atoms with van der Waals surface area (Å²) in [5.74, 6) is 1.61. The second-order valence-corrected chi connectivity index (χ2v) is 5.09. The van der Waals surface area contributed by atoms with Crippen LogP contribution in [0.1, 0.15) is 19.0 Å². The van der Waals surface area contributed by atoms with Gasteiger partial charge in [-0.3, -0.25) is 4.79 Å². The number of halogens is 1. The van der Waals surface area contributed by atoms with Gasteiger partial charge in [-0.05, 0) is 12.8 Å². The lowest BCUT2D eigenvalue weighted by Gasteiger charge is -2.09. The Bertz CT molecular complexity index is 363. The molecule has 0 aromatic carbocycles. The first-order valence-electron chi connectivity index (χ1n) is 4.92. The SMILES string of the molecule is CCC(CBr)CSc1nc(C)cc(=O)[nH]1. The summed E-state index contributed by atoms with van der Waals surface area (Å²) in [6, 6.07) is 1.51. The van der Waals surface area contributed by atoms with Crippen LogP contribution < -0.4 is 5.56 Å². The zero-order valence-electron chi connectivity index (χ0n) is 8.92. The second-order valence-electron chi connectivity index (χ2n) is 3.43. The summed E-state index contributed by atoms with van der Waals surface area (Å²) in [7, 11) is 0. The molecular weight excluding hydrogens is 276 g/mol. The lowest BCUT2D eigenvalue weighted by molar-refractivity contribution is 0.651. The van der Waals surface area contributed by atoms with E-state index < -0.39 is 0 Å². The van der Waals surface area contributed by atoms with E-state index in [-0.39, 0.29) is 5.56 Å². The fraction of sp³-hybridized carbons (Fsp3) is 0.600. The van der Waals surface area contributed by atoms with Gasteiger partial charge in [0.15, 0.2) is 5.16 Å². The normalized spacial score (nSPS) is 12.7. The lowest BCUT2D eigenvalue weighted by atomic mass is 10.2. The van der Waals surface area contributed by atoms with Crippen LogP contribution in [0.5, 0.6) is 0 Å². The second kappa shape index (κ2) is 6.33. The molecule has 3 nitrogen and oxygen atoms in total. The first-order chi connectivity index (χ1) is 7.15. The van der Waals surface area contributed by atoms with Crippen LogP contribution in [0, 0.1) is 12.8 Å². The number of aryl methyl sites for hydroxylation is 1. The first-order valence-corrected chi connectivity index (χ1v) is 7.03. The number of alkyl halides is 1. The topological polar surface area (TPSA) is 45.8 Å². The molecular formula is C10H15BrN2OS. The molecule has 1 heterocycles.